The van der Waals surface area contributed by atoms with E-state index >= 15 is 0 Å². The zero-order valence-corrected chi connectivity index (χ0v) is 14.3. The van der Waals surface area contributed by atoms with Crippen LogP contribution in [0.3, 0.4) is 0 Å². The Balaban J connectivity index is 0.00000132. The number of benzene rings is 1. The highest BCUT2D eigenvalue weighted by molar-refractivity contribution is 5.85. The molecule has 2 heterocycles. The molecule has 1 aromatic heterocycles. The third kappa shape index (κ3) is 5.20. The van der Waals surface area contributed by atoms with E-state index in [1.54, 1.807) is 6.20 Å². The summed E-state index contributed by atoms with van der Waals surface area (Å²) in [5.74, 6) is 0.101. The highest BCUT2D eigenvalue weighted by atomic mass is 35.5. The minimum Gasteiger partial charge on any atom is -0.351 e. The molecule has 1 unspecified atom stereocenters. The molecule has 1 saturated heterocycles. The van der Waals surface area contributed by atoms with E-state index in [2.05, 4.69) is 27.8 Å². The quantitative estimate of drug-likeness (QED) is 0.888. The van der Waals surface area contributed by atoms with Gasteiger partial charge in [0, 0.05) is 18.9 Å². The Morgan fingerprint density at radius 3 is 2.57 bits per heavy atom. The van der Waals surface area contributed by atoms with E-state index in [1.165, 1.54) is 0 Å². The molecule has 23 heavy (non-hydrogen) atoms. The van der Waals surface area contributed by atoms with Crippen molar-refractivity contribution in [3.05, 3.63) is 54.4 Å². The molecule has 2 N–H and O–H groups in total. The van der Waals surface area contributed by atoms with E-state index in [1.807, 2.05) is 30.5 Å². The minimum absolute atomic E-state index is 0. The highest BCUT2D eigenvalue weighted by Gasteiger charge is 2.21. The Hall–Kier alpha value is -1.62. The smallest absolute Gasteiger partial charge is 0.237 e. The summed E-state index contributed by atoms with van der Waals surface area (Å²) in [5, 5.41) is 6.19. The van der Waals surface area contributed by atoms with Gasteiger partial charge in [0.25, 0.3) is 0 Å². The first kappa shape index (κ1) is 19.4. The zero-order chi connectivity index (χ0) is 14.5. The average Bonchev–Trinajstić information content (AvgIpc) is 3.08. The van der Waals surface area contributed by atoms with Gasteiger partial charge in [0.15, 0.2) is 0 Å². The molecule has 0 bridgehead atoms. The van der Waals surface area contributed by atoms with Gasteiger partial charge in [-0.05, 0) is 42.1 Å². The molecule has 1 aromatic carbocycles. The van der Waals surface area contributed by atoms with E-state index in [9.17, 15) is 4.79 Å². The van der Waals surface area contributed by atoms with Gasteiger partial charge in [-0.25, -0.2) is 0 Å². The molecule has 1 amide bonds. The van der Waals surface area contributed by atoms with E-state index in [0.29, 0.717) is 6.54 Å². The topological polar surface area (TPSA) is 54.0 Å². The van der Waals surface area contributed by atoms with Crippen molar-refractivity contribution >= 4 is 30.7 Å². The van der Waals surface area contributed by atoms with Crippen molar-refractivity contribution < 1.29 is 4.79 Å². The number of hydrogen-bond acceptors (Lipinski definition) is 3. The van der Waals surface area contributed by atoms with Crippen molar-refractivity contribution in [1.29, 1.82) is 0 Å². The Labute approximate surface area is 148 Å². The maximum atomic E-state index is 11.9. The summed E-state index contributed by atoms with van der Waals surface area (Å²) in [6, 6.07) is 12.2. The van der Waals surface area contributed by atoms with Crippen molar-refractivity contribution in [2.24, 2.45) is 0 Å². The fourth-order valence-corrected chi connectivity index (χ4v) is 2.57. The first-order valence-electron chi connectivity index (χ1n) is 7.33. The number of hydrogen-bond donors (Lipinski definition) is 2. The van der Waals surface area contributed by atoms with Crippen LogP contribution in [0.25, 0.3) is 11.1 Å². The molecular formula is C17H21Cl2N3O. The number of aromatic nitrogens is 1. The van der Waals surface area contributed by atoms with Gasteiger partial charge in [-0.1, -0.05) is 30.3 Å². The number of nitrogens with one attached hydrogen (secondary N) is 2. The summed E-state index contributed by atoms with van der Waals surface area (Å²) in [6.45, 7) is 1.52. The van der Waals surface area contributed by atoms with Crippen LogP contribution in [0.1, 0.15) is 18.4 Å². The number of carbonyl (C=O) groups excluding carboxylic acids is 1. The van der Waals surface area contributed by atoms with Crippen LogP contribution in [0, 0.1) is 0 Å². The molecule has 1 fully saturated rings. The number of carbonyl (C=O) groups is 1. The molecule has 1 aliphatic rings. The molecule has 4 nitrogen and oxygen atoms in total. The van der Waals surface area contributed by atoms with Crippen LogP contribution < -0.4 is 10.6 Å². The van der Waals surface area contributed by atoms with Crippen molar-refractivity contribution in [3.63, 3.8) is 0 Å². The summed E-state index contributed by atoms with van der Waals surface area (Å²) < 4.78 is 0. The van der Waals surface area contributed by atoms with Gasteiger partial charge < -0.3 is 10.6 Å². The molecule has 124 valence electrons. The summed E-state index contributed by atoms with van der Waals surface area (Å²) >= 11 is 0. The Kier molecular flexibility index (Phi) is 8.03. The van der Waals surface area contributed by atoms with Crippen molar-refractivity contribution in [1.82, 2.24) is 15.6 Å². The largest absolute Gasteiger partial charge is 0.351 e. The van der Waals surface area contributed by atoms with Crippen LogP contribution in [0.15, 0.2) is 48.8 Å². The van der Waals surface area contributed by atoms with Gasteiger partial charge in [0.05, 0.1) is 6.04 Å². The lowest BCUT2D eigenvalue weighted by atomic mass is 10.1. The normalized spacial score (nSPS) is 16.1. The van der Waals surface area contributed by atoms with Crippen molar-refractivity contribution in [3.8, 4) is 11.1 Å². The van der Waals surface area contributed by atoms with Crippen LogP contribution in [-0.4, -0.2) is 23.5 Å². The Morgan fingerprint density at radius 1 is 1.17 bits per heavy atom. The van der Waals surface area contributed by atoms with Gasteiger partial charge >= 0.3 is 0 Å². The lowest BCUT2D eigenvalue weighted by Gasteiger charge is -2.11. The third-order valence-corrected chi connectivity index (χ3v) is 3.79. The first-order chi connectivity index (χ1) is 10.3. The van der Waals surface area contributed by atoms with E-state index in [4.69, 9.17) is 0 Å². The third-order valence-electron chi connectivity index (χ3n) is 3.79. The Morgan fingerprint density at radius 2 is 1.96 bits per heavy atom. The second kappa shape index (κ2) is 9.50. The summed E-state index contributed by atoms with van der Waals surface area (Å²) in [6.07, 6.45) is 5.64. The predicted molar refractivity (Wildman–Crippen MR) is 97.0 cm³/mol. The standard InChI is InChI=1S/C17H19N3O.2ClH/c21-17(16-4-2-10-19-16)20-11-13-5-7-14(8-6-13)15-3-1-9-18-12-15;;/h1,3,5-9,12,16,19H,2,4,10-11H2,(H,20,21);2*1H. The lowest BCUT2D eigenvalue weighted by molar-refractivity contribution is -0.122. The maximum Gasteiger partial charge on any atom is 0.237 e. The molecule has 0 aliphatic carbocycles. The van der Waals surface area contributed by atoms with Crippen molar-refractivity contribution in [2.75, 3.05) is 6.54 Å². The number of halogens is 2. The average molecular weight is 354 g/mol. The second-order valence-corrected chi connectivity index (χ2v) is 5.31. The van der Waals surface area contributed by atoms with E-state index in [-0.39, 0.29) is 36.8 Å². The monoisotopic (exact) mass is 353 g/mol. The second-order valence-electron chi connectivity index (χ2n) is 5.31. The first-order valence-corrected chi connectivity index (χ1v) is 7.33. The molecule has 1 atom stereocenters. The SMILES string of the molecule is Cl.Cl.O=C(NCc1ccc(-c2cccnc2)cc1)C1CCCN1. The highest BCUT2D eigenvalue weighted by Crippen LogP contribution is 2.18. The predicted octanol–water partition coefficient (Wildman–Crippen LogP) is 2.96. The van der Waals surface area contributed by atoms with Crippen molar-refractivity contribution in [2.45, 2.75) is 25.4 Å². The molecule has 1 aliphatic heterocycles. The summed E-state index contributed by atoms with van der Waals surface area (Å²) in [4.78, 5) is 16.0. The molecule has 6 heteroatoms. The van der Waals surface area contributed by atoms with Crippen LogP contribution >= 0.6 is 24.8 Å². The summed E-state index contributed by atoms with van der Waals surface area (Å²) in [7, 11) is 0. The number of amides is 1. The summed E-state index contributed by atoms with van der Waals surface area (Å²) in [5.41, 5.74) is 3.34. The number of nitrogens with zero attached hydrogens (tertiary/aromatic N) is 1. The fourth-order valence-electron chi connectivity index (χ4n) is 2.57. The number of pyridine rings is 1. The molecule has 2 aromatic rings. The minimum atomic E-state index is -0.0142. The van der Waals surface area contributed by atoms with Crippen LogP contribution in [0.5, 0.6) is 0 Å². The van der Waals surface area contributed by atoms with Gasteiger partial charge in [0.1, 0.15) is 0 Å². The van der Waals surface area contributed by atoms with Crippen LogP contribution in [-0.2, 0) is 11.3 Å². The maximum absolute atomic E-state index is 11.9. The van der Waals surface area contributed by atoms with Crippen LogP contribution in [0.2, 0.25) is 0 Å². The van der Waals surface area contributed by atoms with Gasteiger partial charge in [0.2, 0.25) is 5.91 Å². The molecule has 0 saturated carbocycles. The molecular weight excluding hydrogens is 333 g/mol. The lowest BCUT2D eigenvalue weighted by Crippen LogP contribution is -2.39. The van der Waals surface area contributed by atoms with E-state index in [0.717, 1.165) is 36.1 Å². The van der Waals surface area contributed by atoms with Gasteiger partial charge in [-0.2, -0.15) is 0 Å². The van der Waals surface area contributed by atoms with E-state index < -0.39 is 0 Å². The molecule has 3 rings (SSSR count). The molecule has 0 radical (unpaired) electrons. The van der Waals surface area contributed by atoms with Gasteiger partial charge in [-0.15, -0.1) is 24.8 Å². The molecule has 0 spiro atoms. The number of rotatable bonds is 4. The Bertz CT molecular complexity index is 599. The van der Waals surface area contributed by atoms with Gasteiger partial charge in [-0.3, -0.25) is 9.78 Å². The zero-order valence-electron chi connectivity index (χ0n) is 12.7. The fraction of sp³-hybridized carbons (Fsp3) is 0.294. The van der Waals surface area contributed by atoms with Crippen LogP contribution in [0.4, 0.5) is 0 Å².